The summed E-state index contributed by atoms with van der Waals surface area (Å²) in [7, 11) is 0. The van der Waals surface area contributed by atoms with E-state index in [1.165, 1.54) is 23.1 Å². The van der Waals surface area contributed by atoms with Gasteiger partial charge in [-0.1, -0.05) is 6.42 Å². The molecule has 11 heteroatoms. The van der Waals surface area contributed by atoms with Gasteiger partial charge in [0.2, 0.25) is 11.9 Å². The zero-order valence-electron chi connectivity index (χ0n) is 14.5. The third-order valence-electron chi connectivity index (χ3n) is 4.61. The van der Waals surface area contributed by atoms with Gasteiger partial charge in [-0.2, -0.15) is 4.99 Å². The zero-order valence-corrected chi connectivity index (χ0v) is 14.5. The lowest BCUT2D eigenvalue weighted by atomic mass is 9.87. The van der Waals surface area contributed by atoms with Crippen LogP contribution in [0.4, 0.5) is 20.2 Å². The Labute approximate surface area is 153 Å². The summed E-state index contributed by atoms with van der Waals surface area (Å²) in [6, 6.07) is 3.70. The topological polar surface area (TPSA) is 132 Å². The first kappa shape index (κ1) is 18.8. The first-order valence-corrected chi connectivity index (χ1v) is 8.51. The van der Waals surface area contributed by atoms with E-state index in [1.807, 2.05) is 0 Å². The second kappa shape index (κ2) is 7.33. The number of aliphatic imine (C=N–C) groups is 2. The number of guanidine groups is 2. The van der Waals surface area contributed by atoms with E-state index in [0.717, 1.165) is 19.3 Å². The third-order valence-corrected chi connectivity index (χ3v) is 4.61. The Balaban J connectivity index is 2.11. The number of alkyl halides is 2. The fourth-order valence-electron chi connectivity index (χ4n) is 3.54. The lowest BCUT2D eigenvalue weighted by Gasteiger charge is -2.45. The minimum absolute atomic E-state index is 0.00760. The summed E-state index contributed by atoms with van der Waals surface area (Å²) in [5.41, 5.74) is 11.0. The molecule has 0 aromatic heterocycles. The van der Waals surface area contributed by atoms with E-state index < -0.39 is 23.6 Å². The van der Waals surface area contributed by atoms with E-state index in [0.29, 0.717) is 12.8 Å². The molecule has 9 nitrogen and oxygen atoms in total. The van der Waals surface area contributed by atoms with Crippen LogP contribution in [0.15, 0.2) is 28.2 Å². The Hall–Kier alpha value is -2.98. The highest BCUT2D eigenvalue weighted by Crippen LogP contribution is 2.43. The van der Waals surface area contributed by atoms with E-state index in [-0.39, 0.29) is 29.0 Å². The van der Waals surface area contributed by atoms with Gasteiger partial charge in [-0.15, -0.1) is 0 Å². The highest BCUT2D eigenvalue weighted by Gasteiger charge is 2.44. The van der Waals surface area contributed by atoms with E-state index in [4.69, 9.17) is 16.2 Å². The van der Waals surface area contributed by atoms with Gasteiger partial charge in [-0.3, -0.25) is 15.0 Å². The summed E-state index contributed by atoms with van der Waals surface area (Å²) in [6.07, 6.45) is 1.21. The molecule has 1 aromatic carbocycles. The molecule has 1 spiro atoms. The van der Waals surface area contributed by atoms with Crippen molar-refractivity contribution in [1.82, 2.24) is 0 Å². The summed E-state index contributed by atoms with van der Waals surface area (Å²) >= 11 is 0. The SMILES string of the molecule is NC1=NC2(CCCCC2)N(c2cc([N+](=O)[O-])ccc2OCC(F)F)C(N)=N1. The van der Waals surface area contributed by atoms with E-state index in [1.54, 1.807) is 0 Å². The quantitative estimate of drug-likeness (QED) is 0.593. The molecule has 2 aliphatic rings. The molecule has 0 atom stereocenters. The molecule has 1 aliphatic carbocycles. The second-order valence-electron chi connectivity index (χ2n) is 6.43. The van der Waals surface area contributed by atoms with Crippen molar-refractivity contribution in [3.05, 3.63) is 28.3 Å². The highest BCUT2D eigenvalue weighted by atomic mass is 19.3. The maximum atomic E-state index is 12.6. The summed E-state index contributed by atoms with van der Waals surface area (Å²) in [6.45, 7) is -0.853. The molecular formula is C16H20F2N6O3. The normalized spacial score (nSPS) is 19.0. The van der Waals surface area contributed by atoms with Crippen molar-refractivity contribution in [2.75, 3.05) is 11.5 Å². The van der Waals surface area contributed by atoms with E-state index in [9.17, 15) is 18.9 Å². The summed E-state index contributed by atoms with van der Waals surface area (Å²) < 4.78 is 30.5. The van der Waals surface area contributed by atoms with E-state index in [2.05, 4.69) is 9.98 Å². The van der Waals surface area contributed by atoms with Gasteiger partial charge in [-0.05, 0) is 31.7 Å². The minimum Gasteiger partial charge on any atom is -0.485 e. The van der Waals surface area contributed by atoms with Crippen LogP contribution in [0.1, 0.15) is 32.1 Å². The number of hydrogen-bond donors (Lipinski definition) is 2. The Kier molecular flexibility index (Phi) is 5.10. The summed E-state index contributed by atoms with van der Waals surface area (Å²) in [5, 5.41) is 11.2. The molecular weight excluding hydrogens is 362 g/mol. The molecule has 0 bridgehead atoms. The average Bonchev–Trinajstić information content (AvgIpc) is 2.60. The molecule has 4 N–H and O–H groups in total. The van der Waals surface area contributed by atoms with Crippen LogP contribution in [0.5, 0.6) is 5.75 Å². The number of nitro benzene ring substituents is 1. The maximum Gasteiger partial charge on any atom is 0.272 e. The molecule has 0 saturated heterocycles. The van der Waals surface area contributed by atoms with Gasteiger partial charge in [-0.25, -0.2) is 13.8 Å². The smallest absolute Gasteiger partial charge is 0.272 e. The first-order chi connectivity index (χ1) is 12.8. The Morgan fingerprint density at radius 3 is 2.63 bits per heavy atom. The van der Waals surface area contributed by atoms with Crippen LogP contribution in [0.2, 0.25) is 0 Å². The number of benzene rings is 1. The van der Waals surface area contributed by atoms with Gasteiger partial charge in [0.1, 0.15) is 18.0 Å². The summed E-state index contributed by atoms with van der Waals surface area (Å²) in [4.78, 5) is 20.6. The van der Waals surface area contributed by atoms with Crippen LogP contribution in [0.3, 0.4) is 0 Å². The van der Waals surface area contributed by atoms with Gasteiger partial charge in [0.05, 0.1) is 10.6 Å². The van der Waals surface area contributed by atoms with Crippen molar-refractivity contribution in [2.24, 2.45) is 21.5 Å². The molecule has 0 amide bonds. The Morgan fingerprint density at radius 2 is 2.00 bits per heavy atom. The standard InChI is InChI=1S/C16H20F2N6O3/c17-13(18)9-27-12-5-4-10(24(25)26)8-11(12)23-15(20)21-14(19)22-16(23)6-2-1-3-7-16/h4-5,8,13H,1-3,6-7,9H2,(H4,19,20,21,22). The fourth-order valence-corrected chi connectivity index (χ4v) is 3.54. The molecule has 1 saturated carbocycles. The van der Waals surface area contributed by atoms with Crippen molar-refractivity contribution in [1.29, 1.82) is 0 Å². The first-order valence-electron chi connectivity index (χ1n) is 8.51. The number of non-ortho nitro benzene ring substituents is 1. The largest absolute Gasteiger partial charge is 0.485 e. The van der Waals surface area contributed by atoms with Crippen LogP contribution in [0, 0.1) is 10.1 Å². The van der Waals surface area contributed by atoms with Crippen LogP contribution < -0.4 is 21.1 Å². The highest BCUT2D eigenvalue weighted by molar-refractivity contribution is 6.06. The second-order valence-corrected chi connectivity index (χ2v) is 6.43. The van der Waals surface area contributed by atoms with Crippen LogP contribution in [0.25, 0.3) is 0 Å². The number of hydrogen-bond acceptors (Lipinski definition) is 8. The van der Waals surface area contributed by atoms with Crippen LogP contribution in [-0.2, 0) is 0 Å². The Bertz CT molecular complexity index is 792. The van der Waals surface area contributed by atoms with Gasteiger partial charge in [0.15, 0.2) is 0 Å². The maximum absolute atomic E-state index is 12.6. The van der Waals surface area contributed by atoms with Crippen molar-refractivity contribution >= 4 is 23.3 Å². The van der Waals surface area contributed by atoms with Gasteiger partial charge < -0.3 is 16.2 Å². The molecule has 1 heterocycles. The van der Waals surface area contributed by atoms with Gasteiger partial charge in [0, 0.05) is 12.1 Å². The minimum atomic E-state index is -2.70. The zero-order chi connectivity index (χ0) is 19.6. The number of nitro groups is 1. The van der Waals surface area contributed by atoms with Crippen LogP contribution in [-0.4, -0.2) is 35.5 Å². The molecule has 27 heavy (non-hydrogen) atoms. The molecule has 0 unspecified atom stereocenters. The average molecular weight is 382 g/mol. The molecule has 1 aromatic rings. The van der Waals surface area contributed by atoms with Crippen molar-refractivity contribution < 1.29 is 18.4 Å². The Morgan fingerprint density at radius 1 is 1.30 bits per heavy atom. The lowest BCUT2D eigenvalue weighted by Crippen LogP contribution is -2.58. The molecule has 0 radical (unpaired) electrons. The van der Waals surface area contributed by atoms with Crippen LogP contribution >= 0.6 is 0 Å². The van der Waals surface area contributed by atoms with Gasteiger partial charge >= 0.3 is 0 Å². The van der Waals surface area contributed by atoms with Crippen molar-refractivity contribution in [3.8, 4) is 5.75 Å². The molecule has 3 rings (SSSR count). The third kappa shape index (κ3) is 3.76. The predicted octanol–water partition coefficient (Wildman–Crippen LogP) is 2.35. The lowest BCUT2D eigenvalue weighted by molar-refractivity contribution is -0.384. The number of ether oxygens (including phenoxy) is 1. The number of anilines is 1. The van der Waals surface area contributed by atoms with Gasteiger partial charge in [0.25, 0.3) is 12.1 Å². The fraction of sp³-hybridized carbons (Fsp3) is 0.500. The van der Waals surface area contributed by atoms with Crippen molar-refractivity contribution in [2.45, 2.75) is 44.2 Å². The predicted molar refractivity (Wildman–Crippen MR) is 96.1 cm³/mol. The van der Waals surface area contributed by atoms with Crippen molar-refractivity contribution in [3.63, 3.8) is 0 Å². The molecule has 146 valence electrons. The summed E-state index contributed by atoms with van der Waals surface area (Å²) in [5.74, 6) is 0.0533. The molecule has 1 fully saturated rings. The van der Waals surface area contributed by atoms with E-state index >= 15 is 0 Å². The number of nitrogens with two attached hydrogens (primary N) is 2. The number of rotatable bonds is 5. The number of nitrogens with zero attached hydrogens (tertiary/aromatic N) is 4. The monoisotopic (exact) mass is 382 g/mol. The number of halogens is 2. The molecule has 1 aliphatic heterocycles.